The quantitative estimate of drug-likeness (QED) is 0.0623. The van der Waals surface area contributed by atoms with Crippen LogP contribution in [0.3, 0.4) is 0 Å². The van der Waals surface area contributed by atoms with Gasteiger partial charge >= 0.3 is 5.69 Å². The molecule has 0 saturated carbocycles. The summed E-state index contributed by atoms with van der Waals surface area (Å²) in [5.74, 6) is -3.96. The third-order valence-corrected chi connectivity index (χ3v) is 10.7. The van der Waals surface area contributed by atoms with Crippen LogP contribution in [0.1, 0.15) is 76.5 Å². The number of aliphatic hydroxyl groups excluding tert-OH is 3. The van der Waals surface area contributed by atoms with Crippen LogP contribution in [0.4, 0.5) is 5.82 Å². The van der Waals surface area contributed by atoms with Gasteiger partial charge in [-0.3, -0.25) is 43.0 Å². The highest BCUT2D eigenvalue weighted by molar-refractivity contribution is 8.03. The fraction of sp³-hybridized carbons (Fsp3) is 0.525. The third-order valence-electron chi connectivity index (χ3n) is 9.94. The standard InChI is InChI=1S/C40H52N6O12S/c1-3-10-25(37(55)41-22-33(51)43-31-16-18-46(40(57)44-31)39-36(54)35(53)29(23-47)58-39)20-28(49)27(19-24-11-6-4-7-12-24)42-32(50)15-14-26(48)13-8-5-9-17-45-34(52)21-30(59-2)38(45)56/h4,6-7,11-12,16,18,21,25,27,29,35-36,39,47,53-54H,3,5,8-10,13-15,17,19-20,22-23H2,1-2H3,(H,41,55)(H,42,50)(H,43,44,51,57)/t25-,27+,29-,35+,36?,39-/m1/s1. The molecular formula is C40H52N6O12S. The van der Waals surface area contributed by atoms with E-state index in [2.05, 4.69) is 20.9 Å². The zero-order chi connectivity index (χ0) is 43.1. The molecule has 0 spiro atoms. The molecule has 1 unspecified atom stereocenters. The molecule has 4 rings (SSSR count). The maximum absolute atomic E-state index is 13.7. The first-order valence-electron chi connectivity index (χ1n) is 19.5. The number of hydrogen-bond donors (Lipinski definition) is 6. The fourth-order valence-electron chi connectivity index (χ4n) is 6.70. The van der Waals surface area contributed by atoms with Crippen molar-refractivity contribution in [2.24, 2.45) is 5.92 Å². The Balaban J connectivity index is 1.25. The normalized spacial score (nSPS) is 19.9. The molecule has 6 atom stereocenters. The summed E-state index contributed by atoms with van der Waals surface area (Å²) in [5.41, 5.74) is -0.150. The lowest BCUT2D eigenvalue weighted by Crippen LogP contribution is -2.44. The van der Waals surface area contributed by atoms with Crippen molar-refractivity contribution in [1.82, 2.24) is 25.1 Å². The van der Waals surface area contributed by atoms with Gasteiger partial charge in [-0.2, -0.15) is 4.98 Å². The number of benzene rings is 1. The van der Waals surface area contributed by atoms with E-state index in [1.165, 1.54) is 35.0 Å². The van der Waals surface area contributed by atoms with Gasteiger partial charge < -0.3 is 36.0 Å². The highest BCUT2D eigenvalue weighted by Gasteiger charge is 2.43. The van der Waals surface area contributed by atoms with E-state index in [1.54, 1.807) is 30.5 Å². The molecular weight excluding hydrogens is 789 g/mol. The average Bonchev–Trinajstić information content (AvgIpc) is 3.66. The van der Waals surface area contributed by atoms with Gasteiger partial charge in [-0.1, -0.05) is 50.1 Å². The second kappa shape index (κ2) is 22.9. The molecule has 2 aliphatic heterocycles. The van der Waals surface area contributed by atoms with Crippen LogP contribution >= 0.6 is 11.8 Å². The van der Waals surface area contributed by atoms with Crippen molar-refractivity contribution in [1.29, 1.82) is 0 Å². The molecule has 18 nitrogen and oxygen atoms in total. The van der Waals surface area contributed by atoms with Crippen LogP contribution in [0.25, 0.3) is 0 Å². The van der Waals surface area contributed by atoms with Gasteiger partial charge in [0.1, 0.15) is 29.9 Å². The molecule has 2 aromatic rings. The smallest absolute Gasteiger partial charge is 0.351 e. The number of aromatic nitrogens is 2. The lowest BCUT2D eigenvalue weighted by molar-refractivity contribution is -0.137. The topological polar surface area (TPSA) is 264 Å². The summed E-state index contributed by atoms with van der Waals surface area (Å²) in [5, 5.41) is 37.2. The molecule has 5 amide bonds. The molecule has 1 fully saturated rings. The first-order valence-corrected chi connectivity index (χ1v) is 20.8. The van der Waals surface area contributed by atoms with E-state index in [-0.39, 0.29) is 62.1 Å². The Morgan fingerprint density at radius 1 is 0.949 bits per heavy atom. The van der Waals surface area contributed by atoms with E-state index in [9.17, 15) is 53.7 Å². The van der Waals surface area contributed by atoms with Crippen LogP contribution in [0, 0.1) is 5.92 Å². The number of ether oxygens (including phenoxy) is 1. The number of aliphatic hydroxyl groups is 3. The Morgan fingerprint density at radius 2 is 1.69 bits per heavy atom. The number of nitrogens with zero attached hydrogens (tertiary/aromatic N) is 3. The monoisotopic (exact) mass is 840 g/mol. The predicted molar refractivity (Wildman–Crippen MR) is 214 cm³/mol. The van der Waals surface area contributed by atoms with Crippen molar-refractivity contribution in [3.05, 3.63) is 69.6 Å². The van der Waals surface area contributed by atoms with Crippen LogP contribution in [-0.4, -0.2) is 121 Å². The maximum atomic E-state index is 13.7. The summed E-state index contributed by atoms with van der Waals surface area (Å²) in [7, 11) is 0. The Labute approximate surface area is 345 Å². The number of anilines is 1. The van der Waals surface area contributed by atoms with Crippen LogP contribution < -0.4 is 21.6 Å². The van der Waals surface area contributed by atoms with Crippen molar-refractivity contribution in [2.75, 3.05) is 31.3 Å². The lowest BCUT2D eigenvalue weighted by atomic mass is 9.91. The van der Waals surface area contributed by atoms with Crippen molar-refractivity contribution < 1.29 is 53.6 Å². The van der Waals surface area contributed by atoms with Gasteiger partial charge in [-0.05, 0) is 43.6 Å². The minimum atomic E-state index is -1.51. The lowest BCUT2D eigenvalue weighted by Gasteiger charge is -2.21. The van der Waals surface area contributed by atoms with Gasteiger partial charge in [-0.25, -0.2) is 4.79 Å². The van der Waals surface area contributed by atoms with Crippen molar-refractivity contribution in [2.45, 2.75) is 102 Å². The largest absolute Gasteiger partial charge is 0.394 e. The molecule has 1 saturated heterocycles. The molecule has 59 heavy (non-hydrogen) atoms. The number of imide groups is 1. The number of hydrogen-bond acceptors (Lipinski definition) is 14. The van der Waals surface area contributed by atoms with Crippen LogP contribution in [0.5, 0.6) is 0 Å². The summed E-state index contributed by atoms with van der Waals surface area (Å²) in [6.45, 7) is 1.00. The molecule has 3 heterocycles. The number of carbonyl (C=O) groups is 7. The summed E-state index contributed by atoms with van der Waals surface area (Å²) >= 11 is 1.22. The van der Waals surface area contributed by atoms with Gasteiger partial charge in [0.15, 0.2) is 12.0 Å². The molecule has 0 radical (unpaired) electrons. The molecule has 1 aromatic carbocycles. The van der Waals surface area contributed by atoms with E-state index in [4.69, 9.17) is 4.74 Å². The summed E-state index contributed by atoms with van der Waals surface area (Å²) < 4.78 is 6.24. The first kappa shape index (κ1) is 46.6. The SMILES string of the molecule is CCC[C@H](CC(=O)[C@H](Cc1ccccc1)NC(=O)CCC(=O)CCCCCN1C(=O)C=C(SC)C1=O)C(=O)NCC(=O)Nc1ccn([C@@H]2O[C@H](CO)[C@H](O)C2O)c(=O)n1. The number of rotatable bonds is 24. The van der Waals surface area contributed by atoms with E-state index < -0.39 is 78.8 Å². The van der Waals surface area contributed by atoms with Crippen molar-refractivity contribution in [3.63, 3.8) is 0 Å². The van der Waals surface area contributed by atoms with Gasteiger partial charge in [0.05, 0.1) is 24.1 Å². The Hall–Kier alpha value is -5.08. The van der Waals surface area contributed by atoms with E-state index in [0.29, 0.717) is 37.0 Å². The number of amides is 5. The zero-order valence-corrected chi connectivity index (χ0v) is 33.9. The van der Waals surface area contributed by atoms with E-state index in [0.717, 1.165) is 10.1 Å². The van der Waals surface area contributed by atoms with Gasteiger partial charge in [-0.15, -0.1) is 11.8 Å². The molecule has 0 aliphatic carbocycles. The molecule has 2 aliphatic rings. The van der Waals surface area contributed by atoms with E-state index >= 15 is 0 Å². The summed E-state index contributed by atoms with van der Waals surface area (Å²) in [6.07, 6.45) is 1.38. The van der Waals surface area contributed by atoms with Crippen LogP contribution in [0.2, 0.25) is 0 Å². The molecule has 320 valence electrons. The fourth-order valence-corrected chi connectivity index (χ4v) is 7.20. The van der Waals surface area contributed by atoms with Crippen LogP contribution in [0.15, 0.2) is 58.4 Å². The minimum absolute atomic E-state index is 0.0347. The highest BCUT2D eigenvalue weighted by atomic mass is 32.2. The Morgan fingerprint density at radius 3 is 2.34 bits per heavy atom. The third kappa shape index (κ3) is 13.5. The van der Waals surface area contributed by atoms with Crippen molar-refractivity contribution >= 4 is 58.7 Å². The number of unbranched alkanes of at least 4 members (excludes halogenated alkanes) is 2. The van der Waals surface area contributed by atoms with E-state index in [1.807, 2.05) is 13.0 Å². The molecule has 0 bridgehead atoms. The van der Waals surface area contributed by atoms with Crippen LogP contribution in [-0.2, 0) is 44.7 Å². The maximum Gasteiger partial charge on any atom is 0.351 e. The first-order chi connectivity index (χ1) is 28.3. The number of ketones is 2. The number of Topliss-reactive ketones (excluding diaryl/α,β-unsaturated/α-hetero) is 2. The number of nitrogens with one attached hydrogen (secondary N) is 3. The zero-order valence-electron chi connectivity index (χ0n) is 33.0. The van der Waals surface area contributed by atoms with Crippen molar-refractivity contribution in [3.8, 4) is 0 Å². The molecule has 19 heteroatoms. The Bertz CT molecular complexity index is 1920. The predicted octanol–water partition coefficient (Wildman–Crippen LogP) is 0.538. The van der Waals surface area contributed by atoms with Gasteiger partial charge in [0.2, 0.25) is 17.7 Å². The number of thioether (sulfide) groups is 1. The Kier molecular flexibility index (Phi) is 18.1. The highest BCUT2D eigenvalue weighted by Crippen LogP contribution is 2.28. The second-order valence-electron chi connectivity index (χ2n) is 14.3. The average molecular weight is 841 g/mol. The van der Waals surface area contributed by atoms with Gasteiger partial charge in [0, 0.05) is 50.4 Å². The minimum Gasteiger partial charge on any atom is -0.394 e. The molecule has 1 aromatic heterocycles. The summed E-state index contributed by atoms with van der Waals surface area (Å²) in [4.78, 5) is 108. The number of carbonyl (C=O) groups excluding carboxylic acids is 7. The summed E-state index contributed by atoms with van der Waals surface area (Å²) in [6, 6.07) is 9.26. The molecule has 6 N–H and O–H groups in total. The van der Waals surface area contributed by atoms with Gasteiger partial charge in [0.25, 0.3) is 11.8 Å². The second-order valence-corrected chi connectivity index (χ2v) is 15.2.